The normalized spacial score (nSPS) is 37.8. The van der Waals surface area contributed by atoms with E-state index in [1.165, 1.54) is 12.8 Å². The third kappa shape index (κ3) is 2.95. The molecule has 0 spiro atoms. The lowest BCUT2D eigenvalue weighted by molar-refractivity contribution is -0.154. The molecule has 0 aromatic rings. The van der Waals surface area contributed by atoms with Crippen molar-refractivity contribution in [1.82, 2.24) is 9.80 Å². The van der Waals surface area contributed by atoms with Gasteiger partial charge in [0.2, 0.25) is 0 Å². The van der Waals surface area contributed by atoms with Gasteiger partial charge in [0.25, 0.3) is 11.8 Å². The zero-order valence-electron chi connectivity index (χ0n) is 15.6. The molecule has 4 rings (SSSR count). The maximum atomic E-state index is 13.1. The van der Waals surface area contributed by atoms with Gasteiger partial charge in [-0.2, -0.15) is 0 Å². The van der Waals surface area contributed by atoms with Crippen LogP contribution >= 0.6 is 0 Å². The van der Waals surface area contributed by atoms with Crippen molar-refractivity contribution in [3.8, 4) is 0 Å². The van der Waals surface area contributed by atoms with E-state index >= 15 is 0 Å². The average Bonchev–Trinajstić information content (AvgIpc) is 3.15. The Balaban J connectivity index is 1.49. The van der Waals surface area contributed by atoms with Gasteiger partial charge in [-0.25, -0.2) is 0 Å². The number of carbonyl (C=O) groups excluding carboxylic acids is 2. The number of likely N-dealkylation sites (tertiary alicyclic amines) is 2. The molecular weight excluding hydrogens is 332 g/mol. The largest absolute Gasteiger partial charge is 0.383 e. The minimum Gasteiger partial charge on any atom is -0.383 e. The van der Waals surface area contributed by atoms with Gasteiger partial charge in [0.1, 0.15) is 6.10 Å². The lowest BCUT2D eigenvalue weighted by atomic mass is 9.83. The number of hydrogen-bond acceptors (Lipinski definition) is 4. The summed E-state index contributed by atoms with van der Waals surface area (Å²) in [4.78, 5) is 29.3. The molecule has 2 saturated carbocycles. The first-order chi connectivity index (χ1) is 12.5. The fraction of sp³-hybridized carbons (Fsp3) is 0.900. The summed E-state index contributed by atoms with van der Waals surface area (Å²) in [6.07, 6.45) is 9.90. The Morgan fingerprint density at radius 1 is 0.846 bits per heavy atom. The smallest absolute Gasteiger partial charge is 0.255 e. The second-order valence-electron chi connectivity index (χ2n) is 8.80. The number of aliphatic hydroxyl groups excluding tert-OH is 1. The molecule has 6 heteroatoms. The minimum absolute atomic E-state index is 0.158. The summed E-state index contributed by atoms with van der Waals surface area (Å²) in [6.45, 7) is 0.853. The molecule has 2 N–H and O–H groups in total. The predicted octanol–water partition coefficient (Wildman–Crippen LogP) is 1.43. The number of amides is 2. The number of carbonyl (C=O) groups is 2. The topological polar surface area (TPSA) is 81.1 Å². The third-order valence-electron chi connectivity index (χ3n) is 7.32. The average molecular weight is 364 g/mol. The van der Waals surface area contributed by atoms with Crippen LogP contribution in [0.2, 0.25) is 0 Å². The van der Waals surface area contributed by atoms with Crippen LogP contribution in [-0.4, -0.2) is 68.7 Å². The molecule has 2 aliphatic carbocycles. The van der Waals surface area contributed by atoms with Crippen LogP contribution in [0.15, 0.2) is 0 Å². The summed E-state index contributed by atoms with van der Waals surface area (Å²) in [5.41, 5.74) is -1.59. The first kappa shape index (κ1) is 18.2. The summed E-state index contributed by atoms with van der Waals surface area (Å²) in [5, 5.41) is 21.8. The van der Waals surface area contributed by atoms with Gasteiger partial charge in [-0.05, 0) is 25.7 Å². The number of rotatable bonds is 3. The van der Waals surface area contributed by atoms with Gasteiger partial charge < -0.3 is 20.0 Å². The van der Waals surface area contributed by atoms with E-state index in [2.05, 4.69) is 0 Å². The second-order valence-corrected chi connectivity index (χ2v) is 8.80. The summed E-state index contributed by atoms with van der Waals surface area (Å²) in [6, 6.07) is 0.374. The van der Waals surface area contributed by atoms with Gasteiger partial charge in [0.05, 0.1) is 0 Å². The molecule has 0 bridgehead atoms. The standard InChI is InChI=1S/C20H32N2O4/c23-17-16(13-22(18(17)24)15-9-5-2-6-10-15)20(26)11-12-21(19(20)25)14-7-3-1-4-8-14/h14-17,23,26H,1-13H2/t16-,17+,20+/m0/s1. The van der Waals surface area contributed by atoms with E-state index < -0.39 is 17.6 Å². The third-order valence-corrected chi connectivity index (χ3v) is 7.32. The molecule has 2 amide bonds. The Bertz CT molecular complexity index is 556. The number of hydrogen-bond donors (Lipinski definition) is 2. The van der Waals surface area contributed by atoms with Crippen LogP contribution in [0.3, 0.4) is 0 Å². The van der Waals surface area contributed by atoms with Crippen molar-refractivity contribution in [2.75, 3.05) is 13.1 Å². The fourth-order valence-corrected chi connectivity index (χ4v) is 5.71. The van der Waals surface area contributed by atoms with E-state index in [1.807, 2.05) is 4.90 Å². The highest BCUT2D eigenvalue weighted by molar-refractivity contribution is 5.91. The maximum absolute atomic E-state index is 13.1. The monoisotopic (exact) mass is 364 g/mol. The van der Waals surface area contributed by atoms with Crippen LogP contribution in [-0.2, 0) is 9.59 Å². The fourth-order valence-electron chi connectivity index (χ4n) is 5.71. The van der Waals surface area contributed by atoms with E-state index in [4.69, 9.17) is 0 Å². The quantitative estimate of drug-likeness (QED) is 0.794. The Kier molecular flexibility index (Phi) is 4.99. The van der Waals surface area contributed by atoms with E-state index in [0.29, 0.717) is 19.5 Å². The van der Waals surface area contributed by atoms with Gasteiger partial charge in [-0.15, -0.1) is 0 Å². The zero-order valence-corrected chi connectivity index (χ0v) is 15.6. The van der Waals surface area contributed by atoms with Crippen molar-refractivity contribution >= 4 is 11.8 Å². The molecule has 2 saturated heterocycles. The molecule has 0 unspecified atom stereocenters. The van der Waals surface area contributed by atoms with Crippen molar-refractivity contribution in [2.24, 2.45) is 5.92 Å². The summed E-state index contributed by atoms with van der Waals surface area (Å²) < 4.78 is 0. The molecule has 2 aliphatic heterocycles. The predicted molar refractivity (Wildman–Crippen MR) is 96.2 cm³/mol. The zero-order chi connectivity index (χ0) is 18.3. The molecule has 26 heavy (non-hydrogen) atoms. The highest BCUT2D eigenvalue weighted by atomic mass is 16.3. The number of aliphatic hydroxyl groups is 2. The highest BCUT2D eigenvalue weighted by Crippen LogP contribution is 2.40. The van der Waals surface area contributed by atoms with Crippen molar-refractivity contribution in [3.63, 3.8) is 0 Å². The molecule has 6 nitrogen and oxygen atoms in total. The van der Waals surface area contributed by atoms with Crippen LogP contribution in [0.4, 0.5) is 0 Å². The molecule has 0 radical (unpaired) electrons. The second kappa shape index (κ2) is 7.12. The van der Waals surface area contributed by atoms with Crippen molar-refractivity contribution in [3.05, 3.63) is 0 Å². The van der Waals surface area contributed by atoms with Gasteiger partial charge in [-0.3, -0.25) is 9.59 Å². The van der Waals surface area contributed by atoms with E-state index in [1.54, 1.807) is 4.90 Å². The van der Waals surface area contributed by atoms with Gasteiger partial charge in [0, 0.05) is 37.5 Å². The van der Waals surface area contributed by atoms with Gasteiger partial charge in [0.15, 0.2) is 5.60 Å². The molecule has 0 aromatic heterocycles. The van der Waals surface area contributed by atoms with Gasteiger partial charge >= 0.3 is 0 Å². The molecule has 2 heterocycles. The molecule has 4 aliphatic rings. The summed E-state index contributed by atoms with van der Waals surface area (Å²) in [5.74, 6) is -1.25. The Labute approximate surface area is 155 Å². The first-order valence-electron chi connectivity index (χ1n) is 10.5. The van der Waals surface area contributed by atoms with E-state index in [9.17, 15) is 19.8 Å². The molecular formula is C20H32N2O4. The maximum Gasteiger partial charge on any atom is 0.255 e. The van der Waals surface area contributed by atoms with Crippen LogP contribution in [0.25, 0.3) is 0 Å². The van der Waals surface area contributed by atoms with Crippen molar-refractivity contribution in [2.45, 2.75) is 94.4 Å². The summed E-state index contributed by atoms with van der Waals surface area (Å²) in [7, 11) is 0. The molecule has 3 atom stereocenters. The van der Waals surface area contributed by atoms with Crippen LogP contribution < -0.4 is 0 Å². The molecule has 146 valence electrons. The van der Waals surface area contributed by atoms with Gasteiger partial charge in [-0.1, -0.05) is 38.5 Å². The lowest BCUT2D eigenvalue weighted by Crippen LogP contribution is -2.52. The van der Waals surface area contributed by atoms with Crippen LogP contribution in [0.1, 0.15) is 70.6 Å². The van der Waals surface area contributed by atoms with Crippen LogP contribution in [0, 0.1) is 5.92 Å². The Hall–Kier alpha value is -1.14. The van der Waals surface area contributed by atoms with Crippen LogP contribution in [0.5, 0.6) is 0 Å². The highest BCUT2D eigenvalue weighted by Gasteiger charge is 2.59. The minimum atomic E-state index is -1.59. The first-order valence-corrected chi connectivity index (χ1v) is 10.5. The van der Waals surface area contributed by atoms with Crippen molar-refractivity contribution < 1.29 is 19.8 Å². The number of nitrogens with zero attached hydrogens (tertiary/aromatic N) is 2. The molecule has 0 aromatic carbocycles. The Morgan fingerprint density at radius 3 is 1.96 bits per heavy atom. The lowest BCUT2D eigenvalue weighted by Gasteiger charge is -2.35. The van der Waals surface area contributed by atoms with E-state index in [0.717, 1.165) is 51.4 Å². The Morgan fingerprint density at radius 2 is 1.38 bits per heavy atom. The molecule has 4 fully saturated rings. The van der Waals surface area contributed by atoms with E-state index in [-0.39, 0.29) is 23.9 Å². The summed E-state index contributed by atoms with van der Waals surface area (Å²) >= 11 is 0. The van der Waals surface area contributed by atoms with Crippen molar-refractivity contribution in [1.29, 1.82) is 0 Å². The SMILES string of the molecule is O=C1[C@H](O)[C@@H]([C@]2(O)CCN(C3CCCCC3)C2=O)CN1C1CCCCC1.